The van der Waals surface area contributed by atoms with Gasteiger partial charge in [0.05, 0.1) is 5.56 Å². The molecular weight excluding hydrogens is 334 g/mol. The van der Waals surface area contributed by atoms with E-state index in [4.69, 9.17) is 4.74 Å². The van der Waals surface area contributed by atoms with Gasteiger partial charge in [0.1, 0.15) is 11.5 Å². The highest BCUT2D eigenvalue weighted by Gasteiger charge is 2.18. The van der Waals surface area contributed by atoms with E-state index in [2.05, 4.69) is 4.98 Å². The summed E-state index contributed by atoms with van der Waals surface area (Å²) in [6.45, 7) is -0.0123. The van der Waals surface area contributed by atoms with E-state index >= 15 is 0 Å². The van der Waals surface area contributed by atoms with Crippen LogP contribution in [0.4, 0.5) is 0 Å². The second-order valence-electron chi connectivity index (χ2n) is 6.41. The third-order valence-corrected chi connectivity index (χ3v) is 5.85. The number of aromatic amines is 1. The molecule has 0 bridgehead atoms. The molecule has 0 spiro atoms. The van der Waals surface area contributed by atoms with Crippen LogP contribution in [-0.4, -0.2) is 11.0 Å². The average Bonchev–Trinajstić information content (AvgIpc) is 2.90. The van der Waals surface area contributed by atoms with Gasteiger partial charge < -0.3 is 9.72 Å². The summed E-state index contributed by atoms with van der Waals surface area (Å²) in [5.41, 5.74) is 2.32. The van der Waals surface area contributed by atoms with E-state index in [0.29, 0.717) is 10.4 Å². The molecule has 0 unspecified atom stereocenters. The lowest BCUT2D eigenvalue weighted by Crippen LogP contribution is -2.15. The maximum Gasteiger partial charge on any atom is 0.348 e. The Kier molecular flexibility index (Phi) is 4.40. The molecule has 4 nitrogen and oxygen atoms in total. The number of hydrogen-bond donors (Lipinski definition) is 1. The summed E-state index contributed by atoms with van der Waals surface area (Å²) in [5.74, 6) is -0.342. The quantitative estimate of drug-likeness (QED) is 0.567. The van der Waals surface area contributed by atoms with E-state index in [0.717, 1.165) is 23.7 Å². The van der Waals surface area contributed by atoms with Crippen LogP contribution in [-0.2, 0) is 24.2 Å². The smallest absolute Gasteiger partial charge is 0.348 e. The molecule has 0 atom stereocenters. The number of nitrogens with one attached hydrogen (secondary N) is 1. The summed E-state index contributed by atoms with van der Waals surface area (Å²) in [6.07, 6.45) is 5.73. The Morgan fingerprint density at radius 1 is 1.12 bits per heavy atom. The first-order chi connectivity index (χ1) is 12.2. The minimum absolute atomic E-state index is 0.0123. The maximum atomic E-state index is 12.4. The van der Waals surface area contributed by atoms with Crippen molar-refractivity contribution in [1.29, 1.82) is 0 Å². The van der Waals surface area contributed by atoms with Gasteiger partial charge in [0.2, 0.25) is 0 Å². The highest BCUT2D eigenvalue weighted by molar-refractivity contribution is 7.14. The number of esters is 1. The van der Waals surface area contributed by atoms with Crippen LogP contribution >= 0.6 is 11.3 Å². The van der Waals surface area contributed by atoms with Crippen LogP contribution in [0.5, 0.6) is 0 Å². The van der Waals surface area contributed by atoms with Gasteiger partial charge >= 0.3 is 5.97 Å². The maximum absolute atomic E-state index is 12.4. The number of aromatic nitrogens is 1. The lowest BCUT2D eigenvalue weighted by atomic mass is 10.1. The van der Waals surface area contributed by atoms with Crippen molar-refractivity contribution in [1.82, 2.24) is 4.98 Å². The van der Waals surface area contributed by atoms with Crippen LogP contribution in [0.1, 0.15) is 44.9 Å². The molecule has 1 aliphatic carbocycles. The van der Waals surface area contributed by atoms with Crippen molar-refractivity contribution in [3.05, 3.63) is 67.6 Å². The minimum Gasteiger partial charge on any atom is -0.456 e. The topological polar surface area (TPSA) is 59.2 Å². The lowest BCUT2D eigenvalue weighted by Gasteiger charge is -2.05. The van der Waals surface area contributed by atoms with Gasteiger partial charge in [0.15, 0.2) is 0 Å². The first kappa shape index (κ1) is 16.1. The number of ether oxygens (including phenoxy) is 1. The van der Waals surface area contributed by atoms with E-state index < -0.39 is 0 Å². The number of H-pyrrole nitrogens is 1. The predicted octanol–water partition coefficient (Wildman–Crippen LogP) is 4.22. The minimum atomic E-state index is -0.342. The second-order valence-corrected chi connectivity index (χ2v) is 7.54. The number of rotatable bonds is 3. The van der Waals surface area contributed by atoms with Crippen molar-refractivity contribution in [3.63, 3.8) is 0 Å². The van der Waals surface area contributed by atoms with Gasteiger partial charge in [0, 0.05) is 10.4 Å². The third kappa shape index (κ3) is 3.37. The Morgan fingerprint density at radius 3 is 2.88 bits per heavy atom. The van der Waals surface area contributed by atoms with Gasteiger partial charge in [0.25, 0.3) is 5.56 Å². The fourth-order valence-corrected chi connectivity index (χ4v) is 4.43. The molecular formula is C20H19NO3S. The van der Waals surface area contributed by atoms with Gasteiger partial charge in [-0.2, -0.15) is 0 Å². The molecule has 2 heterocycles. The van der Waals surface area contributed by atoms with Crippen LogP contribution < -0.4 is 5.56 Å². The number of para-hydroxylation sites is 1. The molecule has 1 aliphatic rings. The monoisotopic (exact) mass is 353 g/mol. The number of carbonyl (C=O) groups excluding carboxylic acids is 1. The van der Waals surface area contributed by atoms with Gasteiger partial charge in [-0.05, 0) is 54.8 Å². The summed E-state index contributed by atoms with van der Waals surface area (Å²) in [4.78, 5) is 29.3. The van der Waals surface area contributed by atoms with Crippen molar-refractivity contribution in [2.24, 2.45) is 0 Å². The fraction of sp³-hybridized carbons (Fsp3) is 0.300. The van der Waals surface area contributed by atoms with Crippen molar-refractivity contribution in [2.45, 2.75) is 38.7 Å². The second kappa shape index (κ2) is 6.84. The van der Waals surface area contributed by atoms with Crippen molar-refractivity contribution in [3.8, 4) is 0 Å². The number of aryl methyl sites for hydroxylation is 2. The van der Waals surface area contributed by atoms with Crippen molar-refractivity contribution >= 4 is 28.2 Å². The molecule has 1 aromatic carbocycles. The predicted molar refractivity (Wildman–Crippen MR) is 99.3 cm³/mol. The molecule has 0 saturated carbocycles. The van der Waals surface area contributed by atoms with E-state index in [1.807, 2.05) is 30.3 Å². The lowest BCUT2D eigenvalue weighted by molar-refractivity contribution is 0.0477. The zero-order chi connectivity index (χ0) is 17.2. The van der Waals surface area contributed by atoms with Gasteiger partial charge in [-0.15, -0.1) is 11.3 Å². The zero-order valence-corrected chi connectivity index (χ0v) is 14.7. The average molecular weight is 353 g/mol. The molecule has 1 N–H and O–H groups in total. The Morgan fingerprint density at radius 2 is 1.96 bits per heavy atom. The number of fused-ring (bicyclic) bond motifs is 2. The molecule has 0 radical (unpaired) electrons. The molecule has 0 aliphatic heterocycles. The van der Waals surface area contributed by atoms with Gasteiger partial charge in [-0.25, -0.2) is 4.79 Å². The molecule has 128 valence electrons. The summed E-state index contributed by atoms with van der Waals surface area (Å²) in [5, 5.41) is 0.927. The van der Waals surface area contributed by atoms with Crippen LogP contribution in [0.3, 0.4) is 0 Å². The summed E-state index contributed by atoms with van der Waals surface area (Å²) in [6, 6.07) is 11.3. The number of benzene rings is 1. The largest absolute Gasteiger partial charge is 0.456 e. The standard InChI is InChI=1S/C20H19NO3S/c22-19-15(10-13-6-4-5-8-16(13)21-19)12-24-20(23)18-11-14-7-2-1-3-9-17(14)25-18/h4-6,8,10-11H,1-3,7,9,12H2,(H,21,22). The first-order valence-corrected chi connectivity index (χ1v) is 9.42. The Labute approximate surface area is 149 Å². The van der Waals surface area contributed by atoms with Gasteiger partial charge in [-0.3, -0.25) is 4.79 Å². The molecule has 0 amide bonds. The summed E-state index contributed by atoms with van der Waals surface area (Å²) in [7, 11) is 0. The molecule has 0 fully saturated rings. The van der Waals surface area contributed by atoms with Gasteiger partial charge in [-0.1, -0.05) is 24.6 Å². The normalized spacial score (nSPS) is 14.1. The number of carbonyl (C=O) groups is 1. The van der Waals surface area contributed by atoms with Crippen LogP contribution in [0, 0.1) is 0 Å². The molecule has 0 saturated heterocycles. The van der Waals surface area contributed by atoms with E-state index in [9.17, 15) is 9.59 Å². The highest BCUT2D eigenvalue weighted by atomic mass is 32.1. The molecule has 3 aromatic rings. The first-order valence-electron chi connectivity index (χ1n) is 8.60. The van der Waals surface area contributed by atoms with Crippen LogP contribution in [0.2, 0.25) is 0 Å². The van der Waals surface area contributed by atoms with E-state index in [1.54, 1.807) is 6.07 Å². The summed E-state index contributed by atoms with van der Waals surface area (Å²) < 4.78 is 5.40. The van der Waals surface area contributed by atoms with Crippen molar-refractivity contribution < 1.29 is 9.53 Å². The summed E-state index contributed by atoms with van der Waals surface area (Å²) >= 11 is 1.54. The number of hydrogen-bond acceptors (Lipinski definition) is 4. The Bertz CT molecular complexity index is 963. The van der Waals surface area contributed by atoms with E-state index in [-0.39, 0.29) is 18.1 Å². The molecule has 4 rings (SSSR count). The number of thiophene rings is 1. The third-order valence-electron chi connectivity index (χ3n) is 4.64. The SMILES string of the molecule is O=C(OCc1cc2ccccc2[nH]c1=O)c1cc2c(s1)CCCCC2. The zero-order valence-electron chi connectivity index (χ0n) is 13.8. The molecule has 25 heavy (non-hydrogen) atoms. The van der Waals surface area contributed by atoms with Crippen LogP contribution in [0.25, 0.3) is 10.9 Å². The van der Waals surface area contributed by atoms with Crippen LogP contribution in [0.15, 0.2) is 41.2 Å². The van der Waals surface area contributed by atoms with E-state index in [1.165, 1.54) is 41.0 Å². The molecule has 5 heteroatoms. The Balaban J connectivity index is 1.50. The van der Waals surface area contributed by atoms with Crippen molar-refractivity contribution in [2.75, 3.05) is 0 Å². The number of pyridine rings is 1. The highest BCUT2D eigenvalue weighted by Crippen LogP contribution is 2.29. The molecule has 2 aromatic heterocycles. The fourth-order valence-electron chi connectivity index (χ4n) is 3.28. The Hall–Kier alpha value is -2.40.